The van der Waals surface area contributed by atoms with Crippen LogP contribution in [-0.2, 0) is 14.8 Å². The van der Waals surface area contributed by atoms with Crippen molar-refractivity contribution in [3.05, 3.63) is 54.1 Å². The monoisotopic (exact) mass is 429 g/mol. The van der Waals surface area contributed by atoms with E-state index in [0.717, 1.165) is 6.42 Å². The van der Waals surface area contributed by atoms with Gasteiger partial charge < -0.3 is 10.1 Å². The third-order valence-electron chi connectivity index (χ3n) is 4.96. The normalized spacial score (nSPS) is 17.6. The van der Waals surface area contributed by atoms with Crippen molar-refractivity contribution in [2.75, 3.05) is 11.9 Å². The molecule has 0 bridgehead atoms. The number of amidine groups is 1. The SMILES string of the molecule is CCCOc1cccc(NC(=O)[C@@H](N=C2NS(=O)(=O)c3ccccc32)[C@@H](C)CC)c1. The smallest absolute Gasteiger partial charge is 0.263 e. The number of ether oxygens (including phenoxy) is 1. The van der Waals surface area contributed by atoms with E-state index in [1.54, 1.807) is 30.3 Å². The molecule has 2 N–H and O–H groups in total. The van der Waals surface area contributed by atoms with Crippen LogP contribution in [-0.4, -0.2) is 32.8 Å². The zero-order chi connectivity index (χ0) is 21.7. The largest absolute Gasteiger partial charge is 0.494 e. The fourth-order valence-corrected chi connectivity index (χ4v) is 4.38. The molecule has 2 atom stereocenters. The number of amides is 1. The van der Waals surface area contributed by atoms with Crippen LogP contribution in [0.2, 0.25) is 0 Å². The Morgan fingerprint density at radius 1 is 1.17 bits per heavy atom. The molecule has 2 aromatic rings. The Hall–Kier alpha value is -2.87. The predicted molar refractivity (Wildman–Crippen MR) is 117 cm³/mol. The number of sulfonamides is 1. The van der Waals surface area contributed by atoms with Crippen molar-refractivity contribution < 1.29 is 17.9 Å². The molecule has 0 radical (unpaired) electrons. The summed E-state index contributed by atoms with van der Waals surface area (Å²) in [5.74, 6) is 0.493. The Morgan fingerprint density at radius 2 is 1.93 bits per heavy atom. The lowest BCUT2D eigenvalue weighted by atomic mass is 9.98. The highest BCUT2D eigenvalue weighted by molar-refractivity contribution is 7.90. The van der Waals surface area contributed by atoms with Gasteiger partial charge in [-0.25, -0.2) is 8.42 Å². The van der Waals surface area contributed by atoms with Crippen LogP contribution >= 0.6 is 0 Å². The van der Waals surface area contributed by atoms with Crippen LogP contribution in [0.25, 0.3) is 0 Å². The van der Waals surface area contributed by atoms with E-state index in [9.17, 15) is 13.2 Å². The molecular weight excluding hydrogens is 402 g/mol. The highest BCUT2D eigenvalue weighted by Gasteiger charge is 2.33. The van der Waals surface area contributed by atoms with Crippen LogP contribution in [0.5, 0.6) is 5.75 Å². The minimum atomic E-state index is -3.66. The Balaban J connectivity index is 1.87. The third kappa shape index (κ3) is 4.81. The summed E-state index contributed by atoms with van der Waals surface area (Å²) in [6, 6.07) is 13.1. The molecule has 1 aliphatic rings. The minimum Gasteiger partial charge on any atom is -0.494 e. The first kappa shape index (κ1) is 21.8. The Labute approximate surface area is 177 Å². The predicted octanol–water partition coefficient (Wildman–Crippen LogP) is 3.57. The summed E-state index contributed by atoms with van der Waals surface area (Å²) in [4.78, 5) is 17.8. The molecule has 1 aliphatic heterocycles. The van der Waals surface area contributed by atoms with Gasteiger partial charge in [0.2, 0.25) is 5.91 Å². The number of aliphatic imine (C=N–C) groups is 1. The van der Waals surface area contributed by atoms with Crippen molar-refractivity contribution in [1.29, 1.82) is 0 Å². The van der Waals surface area contributed by atoms with Gasteiger partial charge in [0.1, 0.15) is 17.6 Å². The average Bonchev–Trinajstić information content (AvgIpc) is 3.00. The highest BCUT2D eigenvalue weighted by atomic mass is 32.2. The third-order valence-corrected chi connectivity index (χ3v) is 6.35. The van der Waals surface area contributed by atoms with Gasteiger partial charge in [-0.2, -0.15) is 0 Å². The van der Waals surface area contributed by atoms with Gasteiger partial charge >= 0.3 is 0 Å². The standard InChI is InChI=1S/C22H27N3O4S/c1-4-13-29-17-10-8-9-16(14-17)23-22(26)20(15(3)5-2)24-21-18-11-6-7-12-19(18)30(27,28)25-21/h6-12,14-15,20H,4-5,13H2,1-3H3,(H,23,26)(H,24,25)/t15-,20-/m0/s1. The number of fused-ring (bicyclic) bond motifs is 1. The Kier molecular flexibility index (Phi) is 6.77. The number of anilines is 1. The van der Waals surface area contributed by atoms with Crippen molar-refractivity contribution in [2.45, 2.75) is 44.6 Å². The summed E-state index contributed by atoms with van der Waals surface area (Å²) in [5.41, 5.74) is 1.09. The summed E-state index contributed by atoms with van der Waals surface area (Å²) in [7, 11) is -3.66. The Bertz CT molecular complexity index is 1050. The van der Waals surface area contributed by atoms with Crippen LogP contribution in [0.3, 0.4) is 0 Å². The summed E-state index contributed by atoms with van der Waals surface area (Å²) >= 11 is 0. The van der Waals surface area contributed by atoms with Crippen molar-refractivity contribution in [3.63, 3.8) is 0 Å². The van der Waals surface area contributed by atoms with E-state index in [0.29, 0.717) is 30.0 Å². The maximum atomic E-state index is 13.1. The number of carbonyl (C=O) groups is 1. The van der Waals surface area contributed by atoms with Crippen LogP contribution < -0.4 is 14.8 Å². The van der Waals surface area contributed by atoms with Crippen LogP contribution in [0.4, 0.5) is 5.69 Å². The van der Waals surface area contributed by atoms with Gasteiger partial charge in [0, 0.05) is 17.3 Å². The summed E-state index contributed by atoms with van der Waals surface area (Å²) in [5, 5.41) is 2.89. The average molecular weight is 430 g/mol. The van der Waals surface area contributed by atoms with E-state index in [4.69, 9.17) is 4.74 Å². The first-order valence-electron chi connectivity index (χ1n) is 10.1. The van der Waals surface area contributed by atoms with Crippen molar-refractivity contribution >= 4 is 27.5 Å². The molecular formula is C22H27N3O4S. The molecule has 0 saturated heterocycles. The number of rotatable bonds is 8. The van der Waals surface area contributed by atoms with Gasteiger partial charge in [0.15, 0.2) is 0 Å². The molecule has 0 aliphatic carbocycles. The van der Waals surface area contributed by atoms with Crippen molar-refractivity contribution in [2.24, 2.45) is 10.9 Å². The molecule has 8 heteroatoms. The van der Waals surface area contributed by atoms with Crippen LogP contribution in [0, 0.1) is 5.92 Å². The molecule has 3 rings (SSSR count). The van der Waals surface area contributed by atoms with E-state index < -0.39 is 16.1 Å². The van der Waals surface area contributed by atoms with E-state index in [1.165, 1.54) is 6.07 Å². The van der Waals surface area contributed by atoms with E-state index in [-0.39, 0.29) is 22.6 Å². The number of carbonyl (C=O) groups excluding carboxylic acids is 1. The number of hydrogen-bond acceptors (Lipinski definition) is 5. The highest BCUT2D eigenvalue weighted by Crippen LogP contribution is 2.25. The number of hydrogen-bond donors (Lipinski definition) is 2. The van der Waals surface area contributed by atoms with Gasteiger partial charge in [-0.05, 0) is 36.6 Å². The first-order chi connectivity index (χ1) is 14.4. The van der Waals surface area contributed by atoms with E-state index in [1.807, 2.05) is 32.9 Å². The van der Waals surface area contributed by atoms with Crippen LogP contribution in [0.15, 0.2) is 58.4 Å². The maximum Gasteiger partial charge on any atom is 0.263 e. The van der Waals surface area contributed by atoms with Gasteiger partial charge in [-0.1, -0.05) is 45.4 Å². The fraction of sp³-hybridized carbons (Fsp3) is 0.364. The zero-order valence-electron chi connectivity index (χ0n) is 17.4. The molecule has 1 amide bonds. The van der Waals surface area contributed by atoms with E-state index >= 15 is 0 Å². The molecule has 160 valence electrons. The molecule has 30 heavy (non-hydrogen) atoms. The van der Waals surface area contributed by atoms with Crippen molar-refractivity contribution in [1.82, 2.24) is 4.72 Å². The van der Waals surface area contributed by atoms with Crippen LogP contribution in [0.1, 0.15) is 39.2 Å². The minimum absolute atomic E-state index is 0.0886. The topological polar surface area (TPSA) is 96.9 Å². The second kappa shape index (κ2) is 9.30. The molecule has 7 nitrogen and oxygen atoms in total. The van der Waals surface area contributed by atoms with Gasteiger partial charge in [0.25, 0.3) is 10.0 Å². The molecule has 0 fully saturated rings. The molecule has 0 aromatic heterocycles. The second-order valence-electron chi connectivity index (χ2n) is 7.28. The summed E-state index contributed by atoms with van der Waals surface area (Å²) in [6.45, 7) is 6.51. The first-order valence-corrected chi connectivity index (χ1v) is 11.6. The van der Waals surface area contributed by atoms with Gasteiger partial charge in [0.05, 0.1) is 11.5 Å². The quantitative estimate of drug-likeness (QED) is 0.670. The molecule has 0 spiro atoms. The summed E-state index contributed by atoms with van der Waals surface area (Å²) < 4.78 is 32.8. The molecule has 2 aromatic carbocycles. The lowest BCUT2D eigenvalue weighted by molar-refractivity contribution is -0.118. The van der Waals surface area contributed by atoms with Gasteiger partial charge in [-0.3, -0.25) is 14.5 Å². The number of benzene rings is 2. The second-order valence-corrected chi connectivity index (χ2v) is 8.93. The lowest BCUT2D eigenvalue weighted by Gasteiger charge is -2.19. The molecule has 0 saturated carbocycles. The lowest BCUT2D eigenvalue weighted by Crippen LogP contribution is -2.34. The Morgan fingerprint density at radius 3 is 2.67 bits per heavy atom. The summed E-state index contributed by atoms with van der Waals surface area (Å²) in [6.07, 6.45) is 1.60. The zero-order valence-corrected chi connectivity index (χ0v) is 18.2. The number of nitrogens with one attached hydrogen (secondary N) is 2. The maximum absolute atomic E-state index is 13.1. The van der Waals surface area contributed by atoms with Gasteiger partial charge in [-0.15, -0.1) is 0 Å². The molecule has 1 heterocycles. The van der Waals surface area contributed by atoms with E-state index in [2.05, 4.69) is 15.0 Å². The number of nitrogens with zero attached hydrogens (tertiary/aromatic N) is 1. The van der Waals surface area contributed by atoms with Crippen molar-refractivity contribution in [3.8, 4) is 5.75 Å². The molecule has 0 unspecified atom stereocenters. The fourth-order valence-electron chi connectivity index (χ4n) is 3.14.